The molecule has 0 unspecified atom stereocenters. The van der Waals surface area contributed by atoms with Crippen molar-refractivity contribution in [2.45, 2.75) is 20.0 Å². The smallest absolute Gasteiger partial charge is 0.431 e. The highest BCUT2D eigenvalue weighted by molar-refractivity contribution is 5.93. The fourth-order valence-electron chi connectivity index (χ4n) is 1.68. The molecule has 0 spiro atoms. The molecule has 20 heavy (non-hydrogen) atoms. The number of ether oxygens (including phenoxy) is 2. The molecule has 0 fully saturated rings. The van der Waals surface area contributed by atoms with E-state index in [1.54, 1.807) is 26.0 Å². The third-order valence-corrected chi connectivity index (χ3v) is 2.43. The fraction of sp³-hybridized carbons (Fsp3) is 0.231. The van der Waals surface area contributed by atoms with Crippen molar-refractivity contribution >= 4 is 22.7 Å². The number of fused-ring (bicyclic) bond motifs is 1. The number of nitro benzene ring substituents is 1. The van der Waals surface area contributed by atoms with Gasteiger partial charge in [0, 0.05) is 12.3 Å². The van der Waals surface area contributed by atoms with Crippen LogP contribution in [0.15, 0.2) is 30.5 Å². The number of hydrogen-bond donors (Lipinski definition) is 0. The molecule has 1 aromatic heterocycles. The van der Waals surface area contributed by atoms with Gasteiger partial charge in [-0.15, -0.1) is 0 Å². The van der Waals surface area contributed by atoms with Crippen LogP contribution in [0.1, 0.15) is 13.8 Å². The van der Waals surface area contributed by atoms with Crippen molar-refractivity contribution in [3.8, 4) is 5.75 Å². The zero-order chi connectivity index (χ0) is 14.7. The number of pyridine rings is 1. The van der Waals surface area contributed by atoms with Crippen LogP contribution in [-0.4, -0.2) is 22.2 Å². The predicted octanol–water partition coefficient (Wildman–Crippen LogP) is 3.07. The standard InChI is InChI=1S/C13H12N2O5/c1-8(2)19-13(16)20-11-6-5-10(15(17)18)9-4-3-7-14-12(9)11/h3-8H,1-2H3. The molecule has 0 aliphatic carbocycles. The summed E-state index contributed by atoms with van der Waals surface area (Å²) in [7, 11) is 0. The van der Waals surface area contributed by atoms with E-state index >= 15 is 0 Å². The number of aromatic nitrogens is 1. The second-order valence-electron chi connectivity index (χ2n) is 4.26. The number of non-ortho nitro benzene ring substituents is 1. The lowest BCUT2D eigenvalue weighted by molar-refractivity contribution is -0.383. The summed E-state index contributed by atoms with van der Waals surface area (Å²) >= 11 is 0. The molecular weight excluding hydrogens is 264 g/mol. The number of nitro groups is 1. The maximum atomic E-state index is 11.5. The predicted molar refractivity (Wildman–Crippen MR) is 70.6 cm³/mol. The molecule has 2 rings (SSSR count). The van der Waals surface area contributed by atoms with E-state index in [-0.39, 0.29) is 23.1 Å². The molecule has 0 aliphatic heterocycles. The van der Waals surface area contributed by atoms with Crippen molar-refractivity contribution in [3.05, 3.63) is 40.6 Å². The number of nitrogens with zero attached hydrogens (tertiary/aromatic N) is 2. The number of hydrogen-bond acceptors (Lipinski definition) is 6. The van der Waals surface area contributed by atoms with E-state index in [9.17, 15) is 14.9 Å². The number of benzene rings is 1. The van der Waals surface area contributed by atoms with E-state index in [0.717, 1.165) is 0 Å². The monoisotopic (exact) mass is 276 g/mol. The van der Waals surface area contributed by atoms with Crippen molar-refractivity contribution in [1.82, 2.24) is 4.98 Å². The first-order valence-electron chi connectivity index (χ1n) is 5.89. The Balaban J connectivity index is 2.43. The second kappa shape index (κ2) is 5.52. The van der Waals surface area contributed by atoms with Gasteiger partial charge in [-0.1, -0.05) is 0 Å². The Hall–Kier alpha value is -2.70. The lowest BCUT2D eigenvalue weighted by atomic mass is 10.1. The topological polar surface area (TPSA) is 91.6 Å². The minimum atomic E-state index is -0.874. The molecule has 7 nitrogen and oxygen atoms in total. The number of rotatable bonds is 3. The first kappa shape index (κ1) is 13.7. The van der Waals surface area contributed by atoms with E-state index in [4.69, 9.17) is 9.47 Å². The molecule has 0 bridgehead atoms. The van der Waals surface area contributed by atoms with E-state index in [1.165, 1.54) is 18.3 Å². The molecular formula is C13H12N2O5. The fourth-order valence-corrected chi connectivity index (χ4v) is 1.68. The van der Waals surface area contributed by atoms with Crippen LogP contribution >= 0.6 is 0 Å². The number of carbonyl (C=O) groups excluding carboxylic acids is 1. The van der Waals surface area contributed by atoms with Gasteiger partial charge in [-0.05, 0) is 32.0 Å². The maximum Gasteiger partial charge on any atom is 0.514 e. The van der Waals surface area contributed by atoms with Gasteiger partial charge in [-0.3, -0.25) is 15.1 Å². The molecule has 0 atom stereocenters. The Morgan fingerprint density at radius 1 is 1.35 bits per heavy atom. The first-order valence-corrected chi connectivity index (χ1v) is 5.89. The van der Waals surface area contributed by atoms with Crippen molar-refractivity contribution < 1.29 is 19.2 Å². The average molecular weight is 276 g/mol. The molecule has 7 heteroatoms. The molecule has 1 heterocycles. The summed E-state index contributed by atoms with van der Waals surface area (Å²) in [5.74, 6) is 0.122. The van der Waals surface area contributed by atoms with E-state index < -0.39 is 11.1 Å². The Morgan fingerprint density at radius 2 is 2.10 bits per heavy atom. The van der Waals surface area contributed by atoms with E-state index in [1.807, 2.05) is 0 Å². The van der Waals surface area contributed by atoms with Crippen LogP contribution in [0, 0.1) is 10.1 Å². The Kier molecular flexibility index (Phi) is 3.79. The molecule has 104 valence electrons. The molecule has 0 amide bonds. The lowest BCUT2D eigenvalue weighted by Gasteiger charge is -2.09. The summed E-state index contributed by atoms with van der Waals surface area (Å²) in [4.78, 5) is 25.9. The van der Waals surface area contributed by atoms with Gasteiger partial charge in [0.25, 0.3) is 5.69 Å². The molecule has 0 N–H and O–H groups in total. The summed E-state index contributed by atoms with van der Waals surface area (Å²) < 4.78 is 9.88. The summed E-state index contributed by atoms with van der Waals surface area (Å²) in [5.41, 5.74) is 0.139. The van der Waals surface area contributed by atoms with E-state index in [0.29, 0.717) is 5.39 Å². The van der Waals surface area contributed by atoms with Crippen molar-refractivity contribution in [3.63, 3.8) is 0 Å². The largest absolute Gasteiger partial charge is 0.514 e. The first-order chi connectivity index (χ1) is 9.49. The van der Waals surface area contributed by atoms with Crippen molar-refractivity contribution in [2.24, 2.45) is 0 Å². The van der Waals surface area contributed by atoms with Crippen molar-refractivity contribution in [1.29, 1.82) is 0 Å². The quantitative estimate of drug-likeness (QED) is 0.370. The SMILES string of the molecule is CC(C)OC(=O)Oc1ccc([N+](=O)[O-])c2cccnc12. The second-order valence-corrected chi connectivity index (χ2v) is 4.26. The van der Waals surface area contributed by atoms with Crippen LogP contribution in [0.4, 0.5) is 10.5 Å². The molecule has 0 aliphatic rings. The average Bonchev–Trinajstić information content (AvgIpc) is 2.37. The lowest BCUT2D eigenvalue weighted by Crippen LogP contribution is -2.15. The molecule has 0 radical (unpaired) electrons. The van der Waals surface area contributed by atoms with Gasteiger partial charge in [0.15, 0.2) is 5.75 Å². The highest BCUT2D eigenvalue weighted by Gasteiger charge is 2.18. The van der Waals surface area contributed by atoms with Gasteiger partial charge in [0.2, 0.25) is 0 Å². The highest BCUT2D eigenvalue weighted by Crippen LogP contribution is 2.31. The van der Waals surface area contributed by atoms with Gasteiger partial charge >= 0.3 is 6.16 Å². The normalized spacial score (nSPS) is 10.6. The van der Waals surface area contributed by atoms with Crippen LogP contribution in [0.2, 0.25) is 0 Å². The number of carbonyl (C=O) groups is 1. The van der Waals surface area contributed by atoms with Crippen LogP contribution in [0.25, 0.3) is 10.9 Å². The van der Waals surface area contributed by atoms with Gasteiger partial charge in [-0.2, -0.15) is 0 Å². The zero-order valence-electron chi connectivity index (χ0n) is 10.9. The zero-order valence-corrected chi connectivity index (χ0v) is 10.9. The Labute approximate surface area is 114 Å². The highest BCUT2D eigenvalue weighted by atomic mass is 16.7. The third-order valence-electron chi connectivity index (χ3n) is 2.43. The van der Waals surface area contributed by atoms with Gasteiger partial charge in [0.1, 0.15) is 5.52 Å². The molecule has 1 aromatic carbocycles. The molecule has 0 saturated heterocycles. The summed E-state index contributed by atoms with van der Waals surface area (Å²) in [6.45, 7) is 3.38. The Morgan fingerprint density at radius 3 is 2.75 bits per heavy atom. The minimum Gasteiger partial charge on any atom is -0.431 e. The van der Waals surface area contributed by atoms with Crippen molar-refractivity contribution in [2.75, 3.05) is 0 Å². The van der Waals surface area contributed by atoms with Crippen LogP contribution in [0.3, 0.4) is 0 Å². The summed E-state index contributed by atoms with van der Waals surface area (Å²) in [6, 6.07) is 5.71. The summed E-state index contributed by atoms with van der Waals surface area (Å²) in [5, 5.41) is 11.2. The maximum absolute atomic E-state index is 11.5. The van der Waals surface area contributed by atoms with E-state index in [2.05, 4.69) is 4.98 Å². The third kappa shape index (κ3) is 2.82. The van der Waals surface area contributed by atoms with Crippen LogP contribution in [0.5, 0.6) is 5.75 Å². The van der Waals surface area contributed by atoms with Gasteiger partial charge in [-0.25, -0.2) is 4.79 Å². The summed E-state index contributed by atoms with van der Waals surface area (Å²) in [6.07, 6.45) is 0.271. The molecule has 0 saturated carbocycles. The van der Waals surface area contributed by atoms with Gasteiger partial charge < -0.3 is 9.47 Å². The van der Waals surface area contributed by atoms with Gasteiger partial charge in [0.05, 0.1) is 16.4 Å². The minimum absolute atomic E-state index is 0.0994. The van der Waals surface area contributed by atoms with Crippen LogP contribution in [-0.2, 0) is 4.74 Å². The molecule has 2 aromatic rings. The van der Waals surface area contributed by atoms with Crippen LogP contribution < -0.4 is 4.74 Å². The Bertz CT molecular complexity index is 669.